The number of ether oxygens (including phenoxy) is 1. The maximum Gasteiger partial charge on any atom is 0.258 e. The first-order chi connectivity index (χ1) is 11.6. The summed E-state index contributed by atoms with van der Waals surface area (Å²) >= 11 is 4.37. The van der Waals surface area contributed by atoms with E-state index in [4.69, 9.17) is 4.74 Å². The van der Waals surface area contributed by atoms with Gasteiger partial charge in [-0.2, -0.15) is 0 Å². The van der Waals surface area contributed by atoms with Crippen LogP contribution in [0.5, 0.6) is 5.75 Å². The number of amides is 1. The van der Waals surface area contributed by atoms with E-state index >= 15 is 0 Å². The van der Waals surface area contributed by atoms with Gasteiger partial charge in [0.2, 0.25) is 5.13 Å². The van der Waals surface area contributed by atoms with Crippen LogP contribution < -0.4 is 10.1 Å². The van der Waals surface area contributed by atoms with Crippen LogP contribution in [0.15, 0.2) is 40.6 Å². The highest BCUT2D eigenvalue weighted by atomic mass is 79.9. The number of aromatic nitrogens is 3. The molecule has 24 heavy (non-hydrogen) atoms. The van der Waals surface area contributed by atoms with Crippen molar-refractivity contribution in [2.45, 2.75) is 0 Å². The lowest BCUT2D eigenvalue weighted by molar-refractivity contribution is 0.102. The maximum atomic E-state index is 13.7. The molecule has 122 valence electrons. The summed E-state index contributed by atoms with van der Waals surface area (Å²) in [6.07, 6.45) is 2.97. The molecule has 1 N–H and O–H groups in total. The van der Waals surface area contributed by atoms with Crippen LogP contribution in [0.3, 0.4) is 0 Å². The Morgan fingerprint density at radius 2 is 2.12 bits per heavy atom. The molecule has 0 saturated heterocycles. The molecule has 0 spiro atoms. The van der Waals surface area contributed by atoms with E-state index in [2.05, 4.69) is 36.4 Å². The minimum absolute atomic E-state index is 0.320. The Bertz CT molecular complexity index is 903. The van der Waals surface area contributed by atoms with Gasteiger partial charge >= 0.3 is 0 Å². The predicted molar refractivity (Wildman–Crippen MR) is 91.7 cm³/mol. The Kier molecular flexibility index (Phi) is 4.81. The average Bonchev–Trinajstić information content (AvgIpc) is 2.99. The molecule has 6 nitrogen and oxygen atoms in total. The number of nitrogens with zero attached hydrogens (tertiary/aromatic N) is 3. The minimum Gasteiger partial charge on any atom is -0.496 e. The average molecular weight is 409 g/mol. The van der Waals surface area contributed by atoms with Gasteiger partial charge in [-0.15, -0.1) is 10.2 Å². The van der Waals surface area contributed by atoms with E-state index in [-0.39, 0.29) is 0 Å². The second kappa shape index (κ2) is 7.02. The summed E-state index contributed by atoms with van der Waals surface area (Å²) in [5, 5.41) is 10.6. The normalized spacial score (nSPS) is 10.5. The van der Waals surface area contributed by atoms with Gasteiger partial charge in [0.1, 0.15) is 11.6 Å². The summed E-state index contributed by atoms with van der Waals surface area (Å²) < 4.78 is 19.5. The first-order valence-electron chi connectivity index (χ1n) is 6.67. The molecule has 0 aliphatic carbocycles. The Labute approximate surface area is 148 Å². The van der Waals surface area contributed by atoms with E-state index in [1.165, 1.54) is 49.0 Å². The molecule has 1 amide bonds. The van der Waals surface area contributed by atoms with Gasteiger partial charge in [0.15, 0.2) is 3.92 Å². The SMILES string of the molecule is COc1ccc(F)cc1-c1cnccc1C(=O)Nc1nnc(Br)s1. The monoisotopic (exact) mass is 408 g/mol. The van der Waals surface area contributed by atoms with Crippen molar-refractivity contribution in [1.82, 2.24) is 15.2 Å². The molecule has 0 fully saturated rings. The number of hydrogen-bond donors (Lipinski definition) is 1. The van der Waals surface area contributed by atoms with Crippen molar-refractivity contribution < 1.29 is 13.9 Å². The standard InChI is InChI=1S/C15H10BrFN4O2S/c1-23-12-3-2-8(17)6-10(12)11-7-18-5-4-9(11)13(22)19-15-21-20-14(16)24-15/h2-7H,1H3,(H,19,21,22). The first kappa shape index (κ1) is 16.5. The summed E-state index contributed by atoms with van der Waals surface area (Å²) in [5.41, 5.74) is 1.21. The van der Waals surface area contributed by atoms with Crippen molar-refractivity contribution >= 4 is 38.3 Å². The van der Waals surface area contributed by atoms with Gasteiger partial charge < -0.3 is 4.74 Å². The summed E-state index contributed by atoms with van der Waals surface area (Å²) in [5.74, 6) is -0.395. The molecule has 1 aromatic carbocycles. The van der Waals surface area contributed by atoms with Crippen LogP contribution in [0.1, 0.15) is 10.4 Å². The smallest absolute Gasteiger partial charge is 0.258 e. The van der Waals surface area contributed by atoms with Gasteiger partial charge in [0, 0.05) is 23.5 Å². The van der Waals surface area contributed by atoms with Crippen molar-refractivity contribution in [2.24, 2.45) is 0 Å². The molecule has 0 aliphatic heterocycles. The second-order valence-electron chi connectivity index (χ2n) is 4.58. The van der Waals surface area contributed by atoms with Gasteiger partial charge in [0.25, 0.3) is 5.91 Å². The largest absolute Gasteiger partial charge is 0.496 e. The lowest BCUT2D eigenvalue weighted by Gasteiger charge is -2.12. The molecule has 2 aromatic heterocycles. The molecule has 0 aliphatic rings. The molecule has 3 rings (SSSR count). The maximum absolute atomic E-state index is 13.7. The van der Waals surface area contributed by atoms with E-state index < -0.39 is 11.7 Å². The summed E-state index contributed by atoms with van der Waals surface area (Å²) in [4.78, 5) is 16.6. The van der Waals surface area contributed by atoms with Gasteiger partial charge in [-0.3, -0.25) is 15.1 Å². The highest BCUT2D eigenvalue weighted by molar-refractivity contribution is 9.11. The lowest BCUT2D eigenvalue weighted by atomic mass is 10.0. The fourth-order valence-electron chi connectivity index (χ4n) is 2.12. The van der Waals surface area contributed by atoms with Crippen molar-refractivity contribution in [3.8, 4) is 16.9 Å². The van der Waals surface area contributed by atoms with E-state index in [1.807, 2.05) is 0 Å². The van der Waals surface area contributed by atoms with E-state index in [0.717, 1.165) is 0 Å². The number of pyridine rings is 1. The third kappa shape index (κ3) is 3.41. The number of carbonyl (C=O) groups is 1. The summed E-state index contributed by atoms with van der Waals surface area (Å²) in [6, 6.07) is 5.64. The van der Waals surface area contributed by atoms with Gasteiger partial charge in [-0.05, 0) is 40.2 Å². The van der Waals surface area contributed by atoms with Crippen LogP contribution >= 0.6 is 27.3 Å². The van der Waals surface area contributed by atoms with Crippen LogP contribution in [0.4, 0.5) is 9.52 Å². The van der Waals surface area contributed by atoms with E-state index in [0.29, 0.717) is 31.5 Å². The van der Waals surface area contributed by atoms with Gasteiger partial charge in [-0.25, -0.2) is 4.39 Å². The molecule has 0 saturated carbocycles. The van der Waals surface area contributed by atoms with Gasteiger partial charge in [0.05, 0.1) is 12.7 Å². The molecule has 0 atom stereocenters. The van der Waals surface area contributed by atoms with E-state index in [1.54, 1.807) is 6.07 Å². The third-order valence-electron chi connectivity index (χ3n) is 3.14. The summed E-state index contributed by atoms with van der Waals surface area (Å²) in [6.45, 7) is 0. The van der Waals surface area contributed by atoms with E-state index in [9.17, 15) is 9.18 Å². The van der Waals surface area contributed by atoms with Crippen molar-refractivity contribution in [3.05, 3.63) is 52.0 Å². The topological polar surface area (TPSA) is 77.0 Å². The van der Waals surface area contributed by atoms with Crippen LogP contribution in [-0.4, -0.2) is 28.2 Å². The zero-order valence-electron chi connectivity index (χ0n) is 12.3. The zero-order valence-corrected chi connectivity index (χ0v) is 14.7. The van der Waals surface area contributed by atoms with Crippen molar-refractivity contribution in [3.63, 3.8) is 0 Å². The Balaban J connectivity index is 2.02. The summed E-state index contributed by atoms with van der Waals surface area (Å²) in [7, 11) is 1.48. The Hall–Kier alpha value is -2.39. The molecular weight excluding hydrogens is 399 g/mol. The fourth-order valence-corrected chi connectivity index (χ4v) is 3.12. The molecular formula is C15H10BrFN4O2S. The molecule has 3 aromatic rings. The number of halogens is 2. The molecule has 0 radical (unpaired) electrons. The van der Waals surface area contributed by atoms with Crippen molar-refractivity contribution in [1.29, 1.82) is 0 Å². The minimum atomic E-state index is -0.436. The molecule has 2 heterocycles. The molecule has 9 heteroatoms. The lowest BCUT2D eigenvalue weighted by Crippen LogP contribution is -2.13. The zero-order chi connectivity index (χ0) is 17.1. The second-order valence-corrected chi connectivity index (χ2v) is 6.83. The Morgan fingerprint density at radius 3 is 2.83 bits per heavy atom. The van der Waals surface area contributed by atoms with Crippen LogP contribution in [0.25, 0.3) is 11.1 Å². The number of rotatable bonds is 4. The number of benzene rings is 1. The number of carbonyl (C=O) groups excluding carboxylic acids is 1. The quantitative estimate of drug-likeness (QED) is 0.710. The number of nitrogens with one attached hydrogen (secondary N) is 1. The van der Waals surface area contributed by atoms with Crippen molar-refractivity contribution in [2.75, 3.05) is 12.4 Å². The molecule has 0 unspecified atom stereocenters. The number of methoxy groups -OCH3 is 1. The highest BCUT2D eigenvalue weighted by Gasteiger charge is 2.18. The van der Waals surface area contributed by atoms with Crippen LogP contribution in [0, 0.1) is 5.82 Å². The van der Waals surface area contributed by atoms with Gasteiger partial charge in [-0.1, -0.05) is 11.3 Å². The highest BCUT2D eigenvalue weighted by Crippen LogP contribution is 2.33. The number of anilines is 1. The van der Waals surface area contributed by atoms with Crippen LogP contribution in [-0.2, 0) is 0 Å². The fraction of sp³-hybridized carbons (Fsp3) is 0.0667. The molecule has 0 bridgehead atoms. The Morgan fingerprint density at radius 1 is 1.29 bits per heavy atom. The first-order valence-corrected chi connectivity index (χ1v) is 8.27. The predicted octanol–water partition coefficient (Wildman–Crippen LogP) is 3.76. The van der Waals surface area contributed by atoms with Crippen LogP contribution in [0.2, 0.25) is 0 Å². The number of hydrogen-bond acceptors (Lipinski definition) is 6. The third-order valence-corrected chi connectivity index (χ3v) is 4.41.